The highest BCUT2D eigenvalue weighted by Crippen LogP contribution is 2.21. The van der Waals surface area contributed by atoms with Crippen LogP contribution in [0, 0.1) is 5.92 Å². The first kappa shape index (κ1) is 13.2. The van der Waals surface area contributed by atoms with E-state index in [0.717, 1.165) is 16.6 Å². The van der Waals surface area contributed by atoms with Crippen LogP contribution in [0.15, 0.2) is 28.7 Å². The monoisotopic (exact) mass is 284 g/mol. The molecule has 0 radical (unpaired) electrons. The first-order valence-corrected chi connectivity index (χ1v) is 6.17. The van der Waals surface area contributed by atoms with Crippen LogP contribution in [0.3, 0.4) is 0 Å². The van der Waals surface area contributed by atoms with Crippen LogP contribution in [0.1, 0.15) is 19.8 Å². The van der Waals surface area contributed by atoms with Gasteiger partial charge in [0.2, 0.25) is 5.91 Å². The summed E-state index contributed by atoms with van der Waals surface area (Å²) < 4.78 is 0.898. The molecule has 0 saturated carbocycles. The number of halogens is 1. The van der Waals surface area contributed by atoms with E-state index in [4.69, 9.17) is 5.73 Å². The van der Waals surface area contributed by atoms with Crippen LogP contribution < -0.4 is 11.1 Å². The second-order valence-corrected chi connectivity index (χ2v) is 4.76. The van der Waals surface area contributed by atoms with Crippen LogP contribution in [-0.2, 0) is 4.79 Å². The number of benzene rings is 1. The molecule has 1 aromatic rings. The summed E-state index contributed by atoms with van der Waals surface area (Å²) in [6.45, 7) is 2.67. The van der Waals surface area contributed by atoms with Gasteiger partial charge < -0.3 is 11.1 Å². The lowest BCUT2D eigenvalue weighted by Crippen LogP contribution is -2.16. The second kappa shape index (κ2) is 6.66. The average Bonchev–Trinajstić information content (AvgIpc) is 2.29. The predicted molar refractivity (Wildman–Crippen MR) is 70.2 cm³/mol. The summed E-state index contributed by atoms with van der Waals surface area (Å²) in [4.78, 5) is 11.6. The van der Waals surface area contributed by atoms with Crippen LogP contribution in [0.2, 0.25) is 0 Å². The Bertz CT molecular complexity index is 355. The van der Waals surface area contributed by atoms with E-state index >= 15 is 0 Å². The number of para-hydroxylation sites is 1. The fourth-order valence-corrected chi connectivity index (χ4v) is 1.65. The molecule has 1 aromatic carbocycles. The van der Waals surface area contributed by atoms with Gasteiger partial charge >= 0.3 is 0 Å². The molecule has 0 spiro atoms. The Morgan fingerprint density at radius 2 is 2.19 bits per heavy atom. The third-order valence-corrected chi connectivity index (χ3v) is 3.11. The largest absolute Gasteiger partial charge is 0.330 e. The van der Waals surface area contributed by atoms with Crippen LogP contribution in [0.25, 0.3) is 0 Å². The summed E-state index contributed by atoms with van der Waals surface area (Å²) >= 11 is 3.38. The molecule has 3 N–H and O–H groups in total. The normalized spacial score (nSPS) is 12.2. The Morgan fingerprint density at radius 1 is 1.50 bits per heavy atom. The molecular formula is C12H17BrN2O. The highest BCUT2D eigenvalue weighted by molar-refractivity contribution is 9.10. The van der Waals surface area contributed by atoms with Gasteiger partial charge in [-0.1, -0.05) is 19.1 Å². The number of hydrogen-bond acceptors (Lipinski definition) is 2. The number of rotatable bonds is 5. The number of nitrogens with one attached hydrogen (secondary N) is 1. The van der Waals surface area contributed by atoms with Gasteiger partial charge in [-0.15, -0.1) is 0 Å². The molecule has 0 bridgehead atoms. The van der Waals surface area contributed by atoms with Crippen molar-refractivity contribution in [2.45, 2.75) is 19.8 Å². The van der Waals surface area contributed by atoms with Crippen molar-refractivity contribution in [2.75, 3.05) is 11.9 Å². The van der Waals surface area contributed by atoms with E-state index in [1.807, 2.05) is 31.2 Å². The molecule has 0 fully saturated rings. The van der Waals surface area contributed by atoms with E-state index in [1.54, 1.807) is 0 Å². The SMILES string of the molecule is CC(CN)CCC(=O)Nc1ccccc1Br. The topological polar surface area (TPSA) is 55.1 Å². The first-order valence-electron chi connectivity index (χ1n) is 5.38. The van der Waals surface area contributed by atoms with Crippen LogP contribution in [0.4, 0.5) is 5.69 Å². The third-order valence-electron chi connectivity index (χ3n) is 2.41. The van der Waals surface area contributed by atoms with Gasteiger partial charge in [0.05, 0.1) is 5.69 Å². The fraction of sp³-hybridized carbons (Fsp3) is 0.417. The van der Waals surface area contributed by atoms with E-state index in [-0.39, 0.29) is 5.91 Å². The highest BCUT2D eigenvalue weighted by Gasteiger charge is 2.07. The van der Waals surface area contributed by atoms with E-state index in [0.29, 0.717) is 18.9 Å². The Hall–Kier alpha value is -0.870. The zero-order valence-corrected chi connectivity index (χ0v) is 11.0. The summed E-state index contributed by atoms with van der Waals surface area (Å²) in [5, 5.41) is 2.86. The van der Waals surface area contributed by atoms with Gasteiger partial charge in [0, 0.05) is 10.9 Å². The number of carbonyl (C=O) groups excluding carboxylic acids is 1. The molecule has 1 rings (SSSR count). The average molecular weight is 285 g/mol. The van der Waals surface area contributed by atoms with E-state index < -0.39 is 0 Å². The van der Waals surface area contributed by atoms with Crippen molar-refractivity contribution in [3.05, 3.63) is 28.7 Å². The maximum atomic E-state index is 11.6. The summed E-state index contributed by atoms with van der Waals surface area (Å²) in [5.41, 5.74) is 6.31. The van der Waals surface area contributed by atoms with Crippen LogP contribution in [-0.4, -0.2) is 12.5 Å². The summed E-state index contributed by atoms with van der Waals surface area (Å²) in [6.07, 6.45) is 1.34. The molecular weight excluding hydrogens is 268 g/mol. The van der Waals surface area contributed by atoms with Crippen molar-refractivity contribution in [2.24, 2.45) is 11.7 Å². The standard InChI is InChI=1S/C12H17BrN2O/c1-9(8-14)6-7-12(16)15-11-5-3-2-4-10(11)13/h2-5,9H,6-8,14H2,1H3,(H,15,16). The molecule has 1 amide bonds. The fourth-order valence-electron chi connectivity index (χ4n) is 1.27. The number of hydrogen-bond donors (Lipinski definition) is 2. The molecule has 0 aliphatic rings. The molecule has 1 atom stereocenters. The molecule has 0 saturated heterocycles. The third kappa shape index (κ3) is 4.33. The molecule has 0 heterocycles. The maximum Gasteiger partial charge on any atom is 0.224 e. The van der Waals surface area contributed by atoms with Gasteiger partial charge in [-0.2, -0.15) is 0 Å². The van der Waals surface area contributed by atoms with Gasteiger partial charge in [0.15, 0.2) is 0 Å². The zero-order valence-electron chi connectivity index (χ0n) is 9.37. The molecule has 0 aliphatic heterocycles. The Balaban J connectivity index is 2.43. The highest BCUT2D eigenvalue weighted by atomic mass is 79.9. The van der Waals surface area contributed by atoms with E-state index in [9.17, 15) is 4.79 Å². The van der Waals surface area contributed by atoms with Gasteiger partial charge in [0.1, 0.15) is 0 Å². The molecule has 0 aliphatic carbocycles. The second-order valence-electron chi connectivity index (χ2n) is 3.91. The lowest BCUT2D eigenvalue weighted by atomic mass is 10.1. The lowest BCUT2D eigenvalue weighted by molar-refractivity contribution is -0.116. The number of amides is 1. The Labute approximate surface area is 105 Å². The van der Waals surface area contributed by atoms with Crippen molar-refractivity contribution in [3.63, 3.8) is 0 Å². The number of carbonyl (C=O) groups is 1. The molecule has 16 heavy (non-hydrogen) atoms. The van der Waals surface area contributed by atoms with Gasteiger partial charge in [-0.05, 0) is 46.9 Å². The number of nitrogens with two attached hydrogens (primary N) is 1. The smallest absolute Gasteiger partial charge is 0.224 e. The van der Waals surface area contributed by atoms with Crippen molar-refractivity contribution >= 4 is 27.5 Å². The summed E-state index contributed by atoms with van der Waals surface area (Å²) in [5.74, 6) is 0.428. The zero-order chi connectivity index (χ0) is 12.0. The molecule has 88 valence electrons. The minimum absolute atomic E-state index is 0.0344. The summed E-state index contributed by atoms with van der Waals surface area (Å²) in [7, 11) is 0. The quantitative estimate of drug-likeness (QED) is 0.874. The molecule has 3 nitrogen and oxygen atoms in total. The Morgan fingerprint density at radius 3 is 2.81 bits per heavy atom. The van der Waals surface area contributed by atoms with Crippen molar-refractivity contribution in [1.29, 1.82) is 0 Å². The molecule has 4 heteroatoms. The van der Waals surface area contributed by atoms with Crippen LogP contribution >= 0.6 is 15.9 Å². The van der Waals surface area contributed by atoms with E-state index in [1.165, 1.54) is 0 Å². The summed E-state index contributed by atoms with van der Waals surface area (Å²) in [6, 6.07) is 7.57. The Kier molecular flexibility index (Phi) is 5.49. The predicted octanol–water partition coefficient (Wildman–Crippen LogP) is 2.76. The maximum absolute atomic E-state index is 11.6. The minimum Gasteiger partial charge on any atom is -0.330 e. The van der Waals surface area contributed by atoms with Gasteiger partial charge in [-0.25, -0.2) is 0 Å². The van der Waals surface area contributed by atoms with Crippen molar-refractivity contribution in [3.8, 4) is 0 Å². The van der Waals surface area contributed by atoms with Crippen LogP contribution in [0.5, 0.6) is 0 Å². The van der Waals surface area contributed by atoms with Gasteiger partial charge in [0.25, 0.3) is 0 Å². The molecule has 0 aromatic heterocycles. The minimum atomic E-state index is 0.0344. The van der Waals surface area contributed by atoms with Crippen molar-refractivity contribution in [1.82, 2.24) is 0 Å². The molecule has 1 unspecified atom stereocenters. The number of anilines is 1. The first-order chi connectivity index (χ1) is 7.63. The van der Waals surface area contributed by atoms with E-state index in [2.05, 4.69) is 21.2 Å². The van der Waals surface area contributed by atoms with Gasteiger partial charge in [-0.3, -0.25) is 4.79 Å². The lowest BCUT2D eigenvalue weighted by Gasteiger charge is -2.09. The van der Waals surface area contributed by atoms with Crippen molar-refractivity contribution < 1.29 is 4.79 Å².